The number of halogens is 2. The molecule has 0 spiro atoms. The standard InChI is InChI=1S/C9H12F2N2O2S/c1-6(12)7-2-4-8(5-3-7)13-16(14,15)9(10)11/h2-6,9,13H,12H2,1H3. The lowest BCUT2D eigenvalue weighted by molar-refractivity contribution is 0.236. The third-order valence-electron chi connectivity index (χ3n) is 1.93. The number of alkyl halides is 2. The van der Waals surface area contributed by atoms with Gasteiger partial charge in [0.25, 0.3) is 10.0 Å². The number of nitrogens with one attached hydrogen (secondary N) is 1. The number of sulfonamides is 1. The van der Waals surface area contributed by atoms with Crippen molar-refractivity contribution in [2.45, 2.75) is 18.7 Å². The highest BCUT2D eigenvalue weighted by Gasteiger charge is 2.23. The van der Waals surface area contributed by atoms with Crippen LogP contribution < -0.4 is 10.5 Å². The SMILES string of the molecule is CC(N)c1ccc(NS(=O)(=O)C(F)F)cc1. The molecule has 0 bridgehead atoms. The Morgan fingerprint density at radius 3 is 2.12 bits per heavy atom. The van der Waals surface area contributed by atoms with E-state index in [1.165, 1.54) is 12.1 Å². The van der Waals surface area contributed by atoms with Crippen molar-refractivity contribution >= 4 is 15.7 Å². The van der Waals surface area contributed by atoms with Gasteiger partial charge in [0.15, 0.2) is 0 Å². The van der Waals surface area contributed by atoms with E-state index in [0.29, 0.717) is 0 Å². The number of benzene rings is 1. The molecule has 0 heterocycles. The first-order chi connectivity index (χ1) is 7.33. The second-order valence-corrected chi connectivity index (χ2v) is 4.97. The molecule has 0 radical (unpaired) electrons. The van der Waals surface area contributed by atoms with E-state index < -0.39 is 15.8 Å². The van der Waals surface area contributed by atoms with E-state index in [-0.39, 0.29) is 11.7 Å². The van der Waals surface area contributed by atoms with E-state index in [9.17, 15) is 17.2 Å². The number of rotatable bonds is 4. The van der Waals surface area contributed by atoms with Gasteiger partial charge < -0.3 is 5.73 Å². The fourth-order valence-electron chi connectivity index (χ4n) is 1.06. The number of hydrogen-bond acceptors (Lipinski definition) is 3. The van der Waals surface area contributed by atoms with Gasteiger partial charge in [0.05, 0.1) is 0 Å². The molecule has 90 valence electrons. The van der Waals surface area contributed by atoms with E-state index in [0.717, 1.165) is 5.56 Å². The Bertz CT molecular complexity index is 443. The largest absolute Gasteiger partial charge is 0.355 e. The van der Waals surface area contributed by atoms with E-state index in [1.54, 1.807) is 23.8 Å². The van der Waals surface area contributed by atoms with Crippen LogP contribution in [0.3, 0.4) is 0 Å². The molecular formula is C9H12F2N2O2S. The van der Waals surface area contributed by atoms with Gasteiger partial charge in [-0.05, 0) is 24.6 Å². The highest BCUT2D eigenvalue weighted by molar-refractivity contribution is 7.93. The predicted octanol–water partition coefficient (Wildman–Crippen LogP) is 1.67. The Morgan fingerprint density at radius 1 is 1.25 bits per heavy atom. The fourth-order valence-corrected chi connectivity index (χ4v) is 1.62. The normalized spacial score (nSPS) is 13.8. The van der Waals surface area contributed by atoms with Crippen LogP contribution in [0.2, 0.25) is 0 Å². The van der Waals surface area contributed by atoms with E-state index >= 15 is 0 Å². The van der Waals surface area contributed by atoms with Crippen molar-refractivity contribution in [2.75, 3.05) is 4.72 Å². The summed E-state index contributed by atoms with van der Waals surface area (Å²) in [6.07, 6.45) is 0. The maximum atomic E-state index is 12.0. The molecule has 0 aromatic heterocycles. The van der Waals surface area contributed by atoms with Crippen LogP contribution in [0.5, 0.6) is 0 Å². The second-order valence-electron chi connectivity index (χ2n) is 3.32. The molecule has 0 saturated heterocycles. The quantitative estimate of drug-likeness (QED) is 0.853. The van der Waals surface area contributed by atoms with Crippen molar-refractivity contribution < 1.29 is 17.2 Å². The van der Waals surface area contributed by atoms with Crippen LogP contribution in [-0.4, -0.2) is 14.2 Å². The number of anilines is 1. The summed E-state index contributed by atoms with van der Waals surface area (Å²) in [5.41, 5.74) is 6.46. The molecular weight excluding hydrogens is 238 g/mol. The molecule has 0 aliphatic rings. The molecule has 16 heavy (non-hydrogen) atoms. The van der Waals surface area contributed by atoms with Crippen LogP contribution in [0, 0.1) is 0 Å². The zero-order valence-electron chi connectivity index (χ0n) is 8.52. The van der Waals surface area contributed by atoms with Crippen molar-refractivity contribution in [3.05, 3.63) is 29.8 Å². The third-order valence-corrected chi connectivity index (χ3v) is 2.92. The average molecular weight is 250 g/mol. The molecule has 0 amide bonds. The van der Waals surface area contributed by atoms with Crippen LogP contribution >= 0.6 is 0 Å². The summed E-state index contributed by atoms with van der Waals surface area (Å²) in [6, 6.07) is 5.74. The van der Waals surface area contributed by atoms with Gasteiger partial charge in [-0.1, -0.05) is 12.1 Å². The first kappa shape index (κ1) is 12.9. The summed E-state index contributed by atoms with van der Waals surface area (Å²) in [4.78, 5) is 0. The van der Waals surface area contributed by atoms with Gasteiger partial charge in [-0.2, -0.15) is 8.78 Å². The van der Waals surface area contributed by atoms with Crippen molar-refractivity contribution in [1.29, 1.82) is 0 Å². The van der Waals surface area contributed by atoms with Gasteiger partial charge in [-0.3, -0.25) is 4.72 Å². The molecule has 1 atom stereocenters. The van der Waals surface area contributed by atoms with Crippen LogP contribution in [-0.2, 0) is 10.0 Å². The van der Waals surface area contributed by atoms with Crippen molar-refractivity contribution in [1.82, 2.24) is 0 Å². The highest BCUT2D eigenvalue weighted by atomic mass is 32.2. The van der Waals surface area contributed by atoms with Crippen molar-refractivity contribution in [3.63, 3.8) is 0 Å². The van der Waals surface area contributed by atoms with Gasteiger partial charge in [-0.25, -0.2) is 8.42 Å². The smallest absolute Gasteiger partial charge is 0.324 e. The Morgan fingerprint density at radius 2 is 1.75 bits per heavy atom. The van der Waals surface area contributed by atoms with Crippen LogP contribution in [0.15, 0.2) is 24.3 Å². The number of hydrogen-bond donors (Lipinski definition) is 2. The lowest BCUT2D eigenvalue weighted by Crippen LogP contribution is -2.20. The summed E-state index contributed by atoms with van der Waals surface area (Å²) in [6.45, 7) is 1.76. The highest BCUT2D eigenvalue weighted by Crippen LogP contribution is 2.17. The monoisotopic (exact) mass is 250 g/mol. The topological polar surface area (TPSA) is 72.2 Å². The summed E-state index contributed by atoms with van der Waals surface area (Å²) in [5, 5.41) is 0. The molecule has 0 fully saturated rings. The minimum atomic E-state index is -4.60. The first-order valence-electron chi connectivity index (χ1n) is 4.48. The lowest BCUT2D eigenvalue weighted by atomic mass is 10.1. The van der Waals surface area contributed by atoms with Crippen LogP contribution in [0.1, 0.15) is 18.5 Å². The molecule has 7 heteroatoms. The zero-order valence-corrected chi connectivity index (χ0v) is 9.34. The summed E-state index contributed by atoms with van der Waals surface area (Å²) >= 11 is 0. The van der Waals surface area contributed by atoms with Crippen molar-refractivity contribution in [3.8, 4) is 0 Å². The molecule has 0 aliphatic heterocycles. The minimum Gasteiger partial charge on any atom is -0.324 e. The summed E-state index contributed by atoms with van der Waals surface area (Å²) in [5.74, 6) is -3.44. The molecule has 3 N–H and O–H groups in total. The van der Waals surface area contributed by atoms with E-state index in [2.05, 4.69) is 0 Å². The summed E-state index contributed by atoms with van der Waals surface area (Å²) < 4.78 is 47.5. The van der Waals surface area contributed by atoms with E-state index in [4.69, 9.17) is 5.73 Å². The Kier molecular flexibility index (Phi) is 3.82. The lowest BCUT2D eigenvalue weighted by Gasteiger charge is -2.09. The third kappa shape index (κ3) is 3.14. The van der Waals surface area contributed by atoms with Gasteiger partial charge in [0.1, 0.15) is 0 Å². The number of nitrogens with two attached hydrogens (primary N) is 1. The predicted molar refractivity (Wildman–Crippen MR) is 57.6 cm³/mol. The zero-order chi connectivity index (χ0) is 12.3. The fraction of sp³-hybridized carbons (Fsp3) is 0.333. The Hall–Kier alpha value is -1.21. The maximum Gasteiger partial charge on any atom is 0.355 e. The summed E-state index contributed by atoms with van der Waals surface area (Å²) in [7, 11) is -4.60. The molecule has 1 unspecified atom stereocenters. The van der Waals surface area contributed by atoms with Gasteiger partial charge in [-0.15, -0.1) is 0 Å². The molecule has 1 rings (SSSR count). The van der Waals surface area contributed by atoms with Gasteiger partial charge in [0.2, 0.25) is 0 Å². The van der Waals surface area contributed by atoms with Crippen LogP contribution in [0.25, 0.3) is 0 Å². The second kappa shape index (κ2) is 4.75. The Labute approximate surface area is 92.5 Å². The Balaban J connectivity index is 2.85. The maximum absolute atomic E-state index is 12.0. The molecule has 1 aromatic carbocycles. The van der Waals surface area contributed by atoms with Gasteiger partial charge >= 0.3 is 5.76 Å². The molecule has 1 aromatic rings. The average Bonchev–Trinajstić information content (AvgIpc) is 2.17. The van der Waals surface area contributed by atoms with E-state index in [1.807, 2.05) is 0 Å². The molecule has 0 saturated carbocycles. The molecule has 4 nitrogen and oxygen atoms in total. The molecule has 0 aliphatic carbocycles. The first-order valence-corrected chi connectivity index (χ1v) is 6.03. The minimum absolute atomic E-state index is 0.0877. The van der Waals surface area contributed by atoms with Gasteiger partial charge in [0, 0.05) is 11.7 Å². The van der Waals surface area contributed by atoms with Crippen LogP contribution in [0.4, 0.5) is 14.5 Å². The van der Waals surface area contributed by atoms with Crippen molar-refractivity contribution in [2.24, 2.45) is 5.73 Å².